The molecule has 0 radical (unpaired) electrons. The molecule has 0 spiro atoms. The van der Waals surface area contributed by atoms with E-state index in [4.69, 9.17) is 9.26 Å². The second-order valence-electron chi connectivity index (χ2n) is 4.93. The van der Waals surface area contributed by atoms with Crippen molar-refractivity contribution in [2.45, 2.75) is 18.9 Å². The predicted molar refractivity (Wildman–Crippen MR) is 73.2 cm³/mol. The van der Waals surface area contributed by atoms with Gasteiger partial charge in [-0.2, -0.15) is 0 Å². The molecule has 5 nitrogen and oxygen atoms in total. The fourth-order valence-electron chi connectivity index (χ4n) is 2.24. The lowest BCUT2D eigenvalue weighted by Crippen LogP contribution is -2.31. The van der Waals surface area contributed by atoms with E-state index in [1.54, 1.807) is 12.1 Å². The van der Waals surface area contributed by atoms with Gasteiger partial charge in [0.25, 0.3) is 5.91 Å². The smallest absolute Gasteiger partial charge is 0.290 e. The third kappa shape index (κ3) is 3.28. The number of benzene rings is 1. The van der Waals surface area contributed by atoms with Crippen molar-refractivity contribution in [2.24, 2.45) is 0 Å². The first-order valence-corrected chi connectivity index (χ1v) is 6.85. The molecule has 1 aromatic carbocycles. The highest BCUT2D eigenvalue weighted by Gasteiger charge is 2.19. The summed E-state index contributed by atoms with van der Waals surface area (Å²) in [5, 5.41) is 6.58. The molecule has 0 bridgehead atoms. The van der Waals surface area contributed by atoms with Crippen molar-refractivity contribution in [3.05, 3.63) is 41.9 Å². The first kappa shape index (κ1) is 13.8. The number of aromatic nitrogens is 1. The zero-order valence-electron chi connectivity index (χ0n) is 11.3. The fraction of sp³-hybridized carbons (Fsp3) is 0.333. The summed E-state index contributed by atoms with van der Waals surface area (Å²) < 4.78 is 23.3. The summed E-state index contributed by atoms with van der Waals surface area (Å²) >= 11 is 0. The van der Waals surface area contributed by atoms with Gasteiger partial charge in [0.2, 0.25) is 5.76 Å². The number of amides is 1. The maximum Gasteiger partial charge on any atom is 0.290 e. The van der Waals surface area contributed by atoms with Crippen LogP contribution in [0.3, 0.4) is 0 Å². The predicted octanol–water partition coefficient (Wildman–Crippen LogP) is 2.39. The molecule has 1 aromatic heterocycles. The molecular formula is C15H15FN2O3. The van der Waals surface area contributed by atoms with Gasteiger partial charge in [-0.15, -0.1) is 0 Å². The van der Waals surface area contributed by atoms with Gasteiger partial charge >= 0.3 is 0 Å². The highest BCUT2D eigenvalue weighted by Crippen LogP contribution is 2.19. The monoisotopic (exact) mass is 290 g/mol. The summed E-state index contributed by atoms with van der Waals surface area (Å²) in [7, 11) is 0. The molecule has 1 fully saturated rings. The van der Waals surface area contributed by atoms with Crippen LogP contribution in [0.1, 0.15) is 23.4 Å². The molecule has 1 aliphatic heterocycles. The third-order valence-electron chi connectivity index (χ3n) is 3.39. The van der Waals surface area contributed by atoms with Crippen LogP contribution in [0.4, 0.5) is 4.39 Å². The highest BCUT2D eigenvalue weighted by molar-refractivity contribution is 5.92. The summed E-state index contributed by atoms with van der Waals surface area (Å²) in [6, 6.07) is 7.38. The lowest BCUT2D eigenvalue weighted by Gasteiger charge is -2.08. The largest absolute Gasteiger partial charge is 0.376 e. The quantitative estimate of drug-likeness (QED) is 0.939. The Labute approximate surface area is 121 Å². The molecule has 2 aromatic rings. The maximum absolute atomic E-state index is 12.9. The molecule has 3 rings (SSSR count). The molecule has 0 aliphatic carbocycles. The second-order valence-corrected chi connectivity index (χ2v) is 4.93. The molecular weight excluding hydrogens is 275 g/mol. The summed E-state index contributed by atoms with van der Waals surface area (Å²) in [6.07, 6.45) is 2.06. The highest BCUT2D eigenvalue weighted by atomic mass is 19.1. The van der Waals surface area contributed by atoms with Gasteiger partial charge in [0.05, 0.1) is 6.10 Å². The number of carbonyl (C=O) groups excluding carboxylic acids is 1. The van der Waals surface area contributed by atoms with E-state index in [0.717, 1.165) is 19.4 Å². The Bertz CT molecular complexity index is 618. The van der Waals surface area contributed by atoms with Gasteiger partial charge in [-0.3, -0.25) is 4.79 Å². The number of halogens is 1. The minimum atomic E-state index is -0.327. The summed E-state index contributed by atoms with van der Waals surface area (Å²) in [5.74, 6) is -0.518. The molecule has 1 amide bonds. The molecule has 0 unspecified atom stereocenters. The third-order valence-corrected chi connectivity index (χ3v) is 3.39. The molecule has 6 heteroatoms. The fourth-order valence-corrected chi connectivity index (χ4v) is 2.24. The van der Waals surface area contributed by atoms with Gasteiger partial charge in [-0.05, 0) is 37.1 Å². The van der Waals surface area contributed by atoms with Crippen LogP contribution < -0.4 is 5.32 Å². The van der Waals surface area contributed by atoms with E-state index in [2.05, 4.69) is 10.5 Å². The average Bonchev–Trinajstić information content (AvgIpc) is 3.17. The summed E-state index contributed by atoms with van der Waals surface area (Å²) in [4.78, 5) is 11.9. The van der Waals surface area contributed by atoms with E-state index in [0.29, 0.717) is 17.8 Å². The van der Waals surface area contributed by atoms with Crippen LogP contribution in [-0.2, 0) is 4.74 Å². The lowest BCUT2D eigenvalue weighted by atomic mass is 10.1. The average molecular weight is 290 g/mol. The van der Waals surface area contributed by atoms with E-state index < -0.39 is 0 Å². The Morgan fingerprint density at radius 2 is 2.19 bits per heavy atom. The van der Waals surface area contributed by atoms with Crippen LogP contribution in [0, 0.1) is 5.82 Å². The van der Waals surface area contributed by atoms with Crippen LogP contribution in [-0.4, -0.2) is 30.3 Å². The minimum absolute atomic E-state index is 0.0773. The van der Waals surface area contributed by atoms with Gasteiger partial charge in [0.1, 0.15) is 11.5 Å². The number of nitrogens with zero attached hydrogens (tertiary/aromatic N) is 1. The zero-order valence-corrected chi connectivity index (χ0v) is 11.3. The summed E-state index contributed by atoms with van der Waals surface area (Å²) in [5.41, 5.74) is 1.19. The van der Waals surface area contributed by atoms with Crippen molar-refractivity contribution in [1.82, 2.24) is 10.5 Å². The first-order valence-electron chi connectivity index (χ1n) is 6.85. The zero-order chi connectivity index (χ0) is 14.7. The molecule has 1 N–H and O–H groups in total. The number of nitrogens with one attached hydrogen (secondary N) is 1. The lowest BCUT2D eigenvalue weighted by molar-refractivity contribution is 0.0828. The molecule has 1 saturated heterocycles. The number of ether oxygens (including phenoxy) is 1. The van der Waals surface area contributed by atoms with Crippen LogP contribution in [0.25, 0.3) is 11.3 Å². The van der Waals surface area contributed by atoms with E-state index in [9.17, 15) is 9.18 Å². The maximum atomic E-state index is 12.9. The minimum Gasteiger partial charge on any atom is -0.376 e. The Morgan fingerprint density at radius 1 is 1.38 bits per heavy atom. The SMILES string of the molecule is O=C(NC[C@@H]1CCCO1)c1cc(-c2ccc(F)cc2)no1. The molecule has 21 heavy (non-hydrogen) atoms. The number of rotatable bonds is 4. The first-order chi connectivity index (χ1) is 10.2. The van der Waals surface area contributed by atoms with Crippen molar-refractivity contribution in [3.8, 4) is 11.3 Å². The molecule has 110 valence electrons. The molecule has 1 atom stereocenters. The Kier molecular flexibility index (Phi) is 3.96. The van der Waals surface area contributed by atoms with Gasteiger partial charge in [0, 0.05) is 24.8 Å². The van der Waals surface area contributed by atoms with Crippen LogP contribution in [0.5, 0.6) is 0 Å². The van der Waals surface area contributed by atoms with Gasteiger partial charge < -0.3 is 14.6 Å². The van der Waals surface area contributed by atoms with Gasteiger partial charge in [-0.1, -0.05) is 5.16 Å². The van der Waals surface area contributed by atoms with Crippen molar-refractivity contribution in [3.63, 3.8) is 0 Å². The molecule has 0 saturated carbocycles. The topological polar surface area (TPSA) is 64.4 Å². The molecule has 1 aliphatic rings. The number of hydrogen-bond acceptors (Lipinski definition) is 4. The Balaban J connectivity index is 1.63. The van der Waals surface area contributed by atoms with E-state index >= 15 is 0 Å². The standard InChI is InChI=1S/C15H15FN2O3/c16-11-5-3-10(4-6-11)13-8-14(21-18-13)15(19)17-9-12-2-1-7-20-12/h3-6,8,12H,1-2,7,9H2,(H,17,19)/t12-/m0/s1. The Morgan fingerprint density at radius 3 is 2.90 bits per heavy atom. The van der Waals surface area contributed by atoms with E-state index in [1.165, 1.54) is 18.2 Å². The van der Waals surface area contributed by atoms with E-state index in [-0.39, 0.29) is 23.6 Å². The molecule has 2 heterocycles. The van der Waals surface area contributed by atoms with E-state index in [1.807, 2.05) is 0 Å². The Hall–Kier alpha value is -2.21. The van der Waals surface area contributed by atoms with Crippen molar-refractivity contribution < 1.29 is 18.4 Å². The van der Waals surface area contributed by atoms with Crippen LogP contribution in [0.15, 0.2) is 34.9 Å². The van der Waals surface area contributed by atoms with Crippen molar-refractivity contribution >= 4 is 5.91 Å². The van der Waals surface area contributed by atoms with Crippen LogP contribution >= 0.6 is 0 Å². The van der Waals surface area contributed by atoms with Crippen molar-refractivity contribution in [2.75, 3.05) is 13.2 Å². The summed E-state index contributed by atoms with van der Waals surface area (Å²) in [6.45, 7) is 1.21. The second kappa shape index (κ2) is 6.05. The normalized spacial score (nSPS) is 17.9. The van der Waals surface area contributed by atoms with Gasteiger partial charge in [0.15, 0.2) is 0 Å². The number of hydrogen-bond donors (Lipinski definition) is 1. The van der Waals surface area contributed by atoms with Crippen molar-refractivity contribution in [1.29, 1.82) is 0 Å². The van der Waals surface area contributed by atoms with Crippen LogP contribution in [0.2, 0.25) is 0 Å². The van der Waals surface area contributed by atoms with Gasteiger partial charge in [-0.25, -0.2) is 4.39 Å². The number of carbonyl (C=O) groups is 1.